The van der Waals surface area contributed by atoms with E-state index in [0.29, 0.717) is 191 Å². The van der Waals surface area contributed by atoms with Gasteiger partial charge in [-0.3, -0.25) is 48.2 Å². The molecule has 0 radical (unpaired) electrons. The highest BCUT2D eigenvalue weighted by Gasteiger charge is 2.45. The summed E-state index contributed by atoms with van der Waals surface area (Å²) in [4.78, 5) is 125. The van der Waals surface area contributed by atoms with Crippen LogP contribution >= 0.6 is 0 Å². The number of benzene rings is 3. The number of aliphatic imine (C=N–C) groups is 1. The molecule has 0 bridgehead atoms. The van der Waals surface area contributed by atoms with Crippen molar-refractivity contribution in [2.24, 2.45) is 16.8 Å². The molecule has 0 spiro atoms. The summed E-state index contributed by atoms with van der Waals surface area (Å²) >= 11 is 0. The molecule has 30 nitrogen and oxygen atoms in total. The van der Waals surface area contributed by atoms with Crippen molar-refractivity contribution < 1.29 is 110 Å². The van der Waals surface area contributed by atoms with E-state index in [9.17, 15) is 48.3 Å². The quantitative estimate of drug-likeness (QED) is 0.0351. The molecule has 7 amide bonds. The molecule has 5 aliphatic heterocycles. The van der Waals surface area contributed by atoms with Crippen LogP contribution in [0.1, 0.15) is 138 Å². The third kappa shape index (κ3) is 27.5. The Kier molecular flexibility index (Phi) is 37.2. The molecule has 109 heavy (non-hydrogen) atoms. The van der Waals surface area contributed by atoms with Gasteiger partial charge >= 0.3 is 6.09 Å². The molecular formula is C79H109N7O23. The van der Waals surface area contributed by atoms with Gasteiger partial charge in [0.15, 0.2) is 29.2 Å². The molecule has 0 saturated carbocycles. The molecule has 5 heterocycles. The van der Waals surface area contributed by atoms with Gasteiger partial charge in [0.05, 0.1) is 155 Å². The third-order valence-electron chi connectivity index (χ3n) is 18.1. The van der Waals surface area contributed by atoms with E-state index in [1.807, 2.05) is 40.8 Å². The summed E-state index contributed by atoms with van der Waals surface area (Å²) in [6.45, 7) is 19.1. The first-order chi connectivity index (χ1) is 52.7. The Bertz CT molecular complexity index is 3620. The number of aliphatic hydroxyl groups is 1. The molecule has 0 unspecified atom stereocenters. The topological polar surface area (TPSA) is 343 Å². The lowest BCUT2D eigenvalue weighted by Crippen LogP contribution is -2.50. The molecule has 3 N–H and O–H groups in total. The van der Waals surface area contributed by atoms with Gasteiger partial charge in [-0.1, -0.05) is 44.1 Å². The molecule has 30 heteroatoms. The van der Waals surface area contributed by atoms with Gasteiger partial charge in [0.25, 0.3) is 23.6 Å². The monoisotopic (exact) mass is 1520 g/mol. The normalized spacial score (nSPS) is 16.8. The van der Waals surface area contributed by atoms with Crippen molar-refractivity contribution >= 4 is 76.4 Å². The maximum absolute atomic E-state index is 14.1. The number of ketones is 2. The van der Waals surface area contributed by atoms with E-state index in [2.05, 4.69) is 15.6 Å². The van der Waals surface area contributed by atoms with Crippen molar-refractivity contribution in [2.45, 2.75) is 143 Å². The van der Waals surface area contributed by atoms with Gasteiger partial charge < -0.3 is 87.1 Å². The fourth-order valence-electron chi connectivity index (χ4n) is 12.2. The van der Waals surface area contributed by atoms with Crippen LogP contribution < -0.4 is 34.5 Å². The van der Waals surface area contributed by atoms with Crippen LogP contribution in [0.15, 0.2) is 89.2 Å². The Morgan fingerprint density at radius 1 is 0.578 bits per heavy atom. The van der Waals surface area contributed by atoms with Gasteiger partial charge in [-0.2, -0.15) is 0 Å². The number of fused-ring (bicyclic) bond motifs is 4. The number of anilines is 2. The fraction of sp³-hybridized carbons (Fsp3) is 0.570. The summed E-state index contributed by atoms with van der Waals surface area (Å²) in [5.74, 6) is -1.30. The van der Waals surface area contributed by atoms with E-state index in [4.69, 9.17) is 61.6 Å². The van der Waals surface area contributed by atoms with Crippen LogP contribution in [-0.2, 0) is 78.0 Å². The number of rotatable bonds is 49. The van der Waals surface area contributed by atoms with E-state index in [-0.39, 0.29) is 103 Å². The smallest absolute Gasteiger partial charge is 0.416 e. The van der Waals surface area contributed by atoms with Crippen LogP contribution in [0.3, 0.4) is 0 Å². The number of aliphatic hydroxyl groups excluding tert-OH is 1. The number of hydrogen-bond acceptors (Lipinski definition) is 24. The highest BCUT2D eigenvalue weighted by atomic mass is 16.6. The predicted molar refractivity (Wildman–Crippen MR) is 402 cm³/mol. The van der Waals surface area contributed by atoms with E-state index >= 15 is 0 Å². The average molecular weight is 1520 g/mol. The molecule has 598 valence electrons. The summed E-state index contributed by atoms with van der Waals surface area (Å²) in [5, 5.41) is 17.4. The van der Waals surface area contributed by atoms with Crippen molar-refractivity contribution in [1.29, 1.82) is 0 Å². The first-order valence-electron chi connectivity index (χ1n) is 37.3. The molecule has 0 fully saturated rings. The van der Waals surface area contributed by atoms with Crippen LogP contribution in [-0.4, -0.2) is 244 Å². The molecule has 5 aliphatic rings. The van der Waals surface area contributed by atoms with Gasteiger partial charge in [-0.05, 0) is 101 Å². The molecule has 5 atom stereocenters. The standard InChI is InChI=1S/C54H66N6O12.C25H43NO11/c1-9-13-38(61)22-39(31(2)3)50(63)56-34(6)49(62)57-36-16-14-35(15-17-36)30-72-54(67)60-43-26-48(46(69-8)24-41(43)52(65)59-29-33(5)21-44(59)53(60)66)71-19-12-10-11-18-70-47-25-42-40(23-45(47)68-7)51(64)58-28-32(4)20-37(58)27-55-42;1-30-9-10-32-13-14-34-17-18-36-21-22-37-20-19-35-16-15-33-12-11-31-8-2-3-23(27)6-7-26-24(28)4-5-25(26)29/h14-17,23-29,31,34,37,39,44,53,66H,9-13,18-22,30H2,1-8H3,(H,56,63)(H,57,62);4-5H,2-3,6-22H2,1H3/t34-,37-,39-,44-,53-;/m0./s1. The summed E-state index contributed by atoms with van der Waals surface area (Å²) in [7, 11) is 4.62. The summed E-state index contributed by atoms with van der Waals surface area (Å²) in [6.07, 6.45) is 10.7. The molecule has 3 aromatic carbocycles. The number of nitrogens with zero attached hydrogens (tertiary/aromatic N) is 5. The van der Waals surface area contributed by atoms with Crippen LogP contribution in [0, 0.1) is 11.8 Å². The van der Waals surface area contributed by atoms with E-state index in [0.717, 1.165) is 27.4 Å². The lowest BCUT2D eigenvalue weighted by atomic mass is 9.88. The predicted octanol–water partition coefficient (Wildman–Crippen LogP) is 8.65. The number of carbonyl (C=O) groups excluding carboxylic acids is 9. The number of amides is 7. The summed E-state index contributed by atoms with van der Waals surface area (Å²) in [6, 6.07) is 11.2. The zero-order valence-corrected chi connectivity index (χ0v) is 64.3. The number of imide groups is 1. The van der Waals surface area contributed by atoms with E-state index in [1.54, 1.807) is 67.7 Å². The Morgan fingerprint density at radius 3 is 1.67 bits per heavy atom. The molecule has 0 aromatic heterocycles. The number of hydrogen-bond donors (Lipinski definition) is 3. The van der Waals surface area contributed by atoms with Gasteiger partial charge in [-0.15, -0.1) is 0 Å². The average Bonchev–Trinajstić information content (AvgIpc) is 1.63. The molecule has 3 aromatic rings. The molecular weight excluding hydrogens is 1410 g/mol. The Hall–Kier alpha value is -8.98. The lowest BCUT2D eigenvalue weighted by molar-refractivity contribution is -0.137. The first kappa shape index (κ1) is 87.2. The summed E-state index contributed by atoms with van der Waals surface area (Å²) in [5.41, 5.74) is 4.12. The second kappa shape index (κ2) is 46.5. The fourth-order valence-corrected chi connectivity index (χ4v) is 12.2. The number of unbranched alkanes of at least 4 members (excludes halogenated alkanes) is 2. The van der Waals surface area contributed by atoms with Crippen molar-refractivity contribution in [3.8, 4) is 23.0 Å². The summed E-state index contributed by atoms with van der Waals surface area (Å²) < 4.78 is 72.0. The van der Waals surface area contributed by atoms with Crippen LogP contribution in [0.4, 0.5) is 21.9 Å². The first-order valence-corrected chi connectivity index (χ1v) is 37.3. The van der Waals surface area contributed by atoms with Gasteiger partial charge in [0, 0.05) is 100 Å². The Morgan fingerprint density at radius 2 is 1.11 bits per heavy atom. The minimum absolute atomic E-state index is 0.00197. The lowest BCUT2D eigenvalue weighted by Gasteiger charge is -2.31. The highest BCUT2D eigenvalue weighted by molar-refractivity contribution is 6.13. The molecule has 0 saturated heterocycles. The number of nitrogens with one attached hydrogen (secondary N) is 2. The highest BCUT2D eigenvalue weighted by Crippen LogP contribution is 2.43. The van der Waals surface area contributed by atoms with Crippen LogP contribution in [0.25, 0.3) is 0 Å². The second-order valence-corrected chi connectivity index (χ2v) is 26.9. The van der Waals surface area contributed by atoms with Crippen molar-refractivity contribution in [3.63, 3.8) is 0 Å². The largest absolute Gasteiger partial charge is 0.493 e. The van der Waals surface area contributed by atoms with Crippen molar-refractivity contribution in [2.75, 3.05) is 150 Å². The zero-order chi connectivity index (χ0) is 78.6. The maximum Gasteiger partial charge on any atom is 0.416 e. The van der Waals surface area contributed by atoms with Crippen LogP contribution in [0.2, 0.25) is 0 Å². The molecule has 0 aliphatic carbocycles. The Labute approximate surface area is 637 Å². The van der Waals surface area contributed by atoms with Gasteiger partial charge in [0.1, 0.15) is 24.2 Å². The maximum atomic E-state index is 14.1. The number of carbonyl (C=O) groups is 9. The third-order valence-corrected chi connectivity index (χ3v) is 18.1. The van der Waals surface area contributed by atoms with Gasteiger partial charge in [0.2, 0.25) is 11.8 Å². The van der Waals surface area contributed by atoms with Gasteiger partial charge in [-0.25, -0.2) is 9.69 Å². The van der Waals surface area contributed by atoms with E-state index in [1.165, 1.54) is 43.4 Å². The zero-order valence-electron chi connectivity index (χ0n) is 64.3. The molecule has 8 rings (SSSR count). The second-order valence-electron chi connectivity index (χ2n) is 26.9. The minimum Gasteiger partial charge on any atom is -0.493 e. The SMILES string of the molecule is CCCC(=O)C[C@H](C(=O)N[C@@H](C)C(=O)Nc1ccc(COC(=O)N2c3cc(OCCCCCOc4cc5c(cc4OC)C(=O)N4C=C(C)C[C@H]4C=N5)c(OC)cc3C(=O)N3C=C(C)C[C@H]3[C@@H]2O)cc1)C(C)C.COCCOCCOCCOCCOCCOCCOCCOCCCC(=O)CCN1C(=O)C=CC1=O. The Balaban J connectivity index is 0.000000377. The van der Waals surface area contributed by atoms with Crippen molar-refractivity contribution in [3.05, 3.63) is 101 Å². The number of ether oxygens (including phenoxy) is 13. The van der Waals surface area contributed by atoms with E-state index < -0.39 is 42.1 Å². The van der Waals surface area contributed by atoms with Crippen molar-refractivity contribution in [1.82, 2.24) is 20.0 Å². The minimum atomic E-state index is -1.49. The number of Topliss-reactive ketones (excluding diaryl/α,β-unsaturated/α-hetero) is 2. The number of methoxy groups -OCH3 is 3. The van der Waals surface area contributed by atoms with Crippen LogP contribution in [0.5, 0.6) is 23.0 Å².